The van der Waals surface area contributed by atoms with E-state index in [2.05, 4.69) is 16.6 Å². The standard InChI is InChI=1S/C14H16N2O/c1-3-12(4-2)16-14(17)11-5-6-13-10(9-11)7-8-15-13/h1,5-6,9,12,15H,4,7-8H2,2H3,(H,16,17). The number of amides is 1. The third-order valence-electron chi connectivity index (χ3n) is 2.99. The Bertz CT molecular complexity index is 474. The van der Waals surface area contributed by atoms with Gasteiger partial charge in [-0.1, -0.05) is 12.8 Å². The van der Waals surface area contributed by atoms with E-state index in [1.165, 1.54) is 5.56 Å². The first-order valence-corrected chi connectivity index (χ1v) is 5.88. The zero-order valence-corrected chi connectivity index (χ0v) is 9.92. The fourth-order valence-corrected chi connectivity index (χ4v) is 1.95. The van der Waals surface area contributed by atoms with Gasteiger partial charge in [-0.05, 0) is 36.6 Å². The first-order chi connectivity index (χ1) is 8.24. The van der Waals surface area contributed by atoms with Crippen LogP contribution in [-0.2, 0) is 6.42 Å². The van der Waals surface area contributed by atoms with Crippen molar-refractivity contribution < 1.29 is 4.79 Å². The average Bonchev–Trinajstić information content (AvgIpc) is 2.82. The summed E-state index contributed by atoms with van der Waals surface area (Å²) >= 11 is 0. The van der Waals surface area contributed by atoms with Crippen LogP contribution in [0.15, 0.2) is 18.2 Å². The van der Waals surface area contributed by atoms with Crippen LogP contribution in [0.3, 0.4) is 0 Å². The van der Waals surface area contributed by atoms with E-state index in [1.54, 1.807) is 0 Å². The molecule has 88 valence electrons. The molecule has 1 atom stereocenters. The summed E-state index contributed by atoms with van der Waals surface area (Å²) in [5.74, 6) is 2.47. The second-order valence-electron chi connectivity index (χ2n) is 4.15. The van der Waals surface area contributed by atoms with Crippen LogP contribution < -0.4 is 10.6 Å². The zero-order valence-electron chi connectivity index (χ0n) is 9.92. The lowest BCUT2D eigenvalue weighted by Gasteiger charge is -2.11. The normalized spacial score (nSPS) is 14.4. The number of rotatable bonds is 3. The lowest BCUT2D eigenvalue weighted by Crippen LogP contribution is -2.33. The van der Waals surface area contributed by atoms with Crippen molar-refractivity contribution in [1.29, 1.82) is 0 Å². The van der Waals surface area contributed by atoms with Gasteiger partial charge in [0.15, 0.2) is 0 Å². The Kier molecular flexibility index (Phi) is 3.34. The van der Waals surface area contributed by atoms with Gasteiger partial charge in [-0.3, -0.25) is 4.79 Å². The minimum Gasteiger partial charge on any atom is -0.384 e. The van der Waals surface area contributed by atoms with E-state index in [0.717, 1.165) is 25.1 Å². The van der Waals surface area contributed by atoms with E-state index in [0.29, 0.717) is 5.56 Å². The molecule has 1 unspecified atom stereocenters. The molecule has 1 aromatic rings. The number of anilines is 1. The number of terminal acetylenes is 1. The quantitative estimate of drug-likeness (QED) is 0.774. The second-order valence-corrected chi connectivity index (χ2v) is 4.15. The number of fused-ring (bicyclic) bond motifs is 1. The van der Waals surface area contributed by atoms with Crippen molar-refractivity contribution in [2.75, 3.05) is 11.9 Å². The van der Waals surface area contributed by atoms with Crippen LogP contribution in [0.2, 0.25) is 0 Å². The van der Waals surface area contributed by atoms with Gasteiger partial charge < -0.3 is 10.6 Å². The van der Waals surface area contributed by atoms with Crippen LogP contribution in [0.25, 0.3) is 0 Å². The molecule has 0 fully saturated rings. The number of nitrogens with one attached hydrogen (secondary N) is 2. The molecule has 1 heterocycles. The molecule has 0 aromatic heterocycles. The molecule has 3 nitrogen and oxygen atoms in total. The van der Waals surface area contributed by atoms with Crippen LogP contribution in [0, 0.1) is 12.3 Å². The lowest BCUT2D eigenvalue weighted by molar-refractivity contribution is 0.0945. The van der Waals surface area contributed by atoms with Crippen LogP contribution in [0.4, 0.5) is 5.69 Å². The smallest absolute Gasteiger partial charge is 0.252 e. The first-order valence-electron chi connectivity index (χ1n) is 5.88. The predicted octanol–water partition coefficient (Wildman–Crippen LogP) is 1.80. The van der Waals surface area contributed by atoms with Crippen molar-refractivity contribution in [3.05, 3.63) is 29.3 Å². The lowest BCUT2D eigenvalue weighted by atomic mass is 10.1. The number of benzene rings is 1. The van der Waals surface area contributed by atoms with Gasteiger partial charge in [0.1, 0.15) is 0 Å². The molecule has 0 saturated heterocycles. The number of carbonyl (C=O) groups excluding carboxylic acids is 1. The molecular formula is C14H16N2O. The van der Waals surface area contributed by atoms with Crippen molar-refractivity contribution in [1.82, 2.24) is 5.32 Å². The Balaban J connectivity index is 2.12. The molecule has 0 saturated carbocycles. The molecule has 3 heteroatoms. The minimum absolute atomic E-state index is 0.0931. The Hall–Kier alpha value is -1.95. The van der Waals surface area contributed by atoms with Gasteiger partial charge in [-0.2, -0.15) is 0 Å². The summed E-state index contributed by atoms with van der Waals surface area (Å²) in [4.78, 5) is 11.9. The molecule has 0 radical (unpaired) electrons. The largest absolute Gasteiger partial charge is 0.384 e. The highest BCUT2D eigenvalue weighted by Gasteiger charge is 2.14. The Morgan fingerprint density at radius 1 is 1.65 bits per heavy atom. The van der Waals surface area contributed by atoms with Gasteiger partial charge in [0.25, 0.3) is 5.91 Å². The minimum atomic E-state index is -0.186. The van der Waals surface area contributed by atoms with Crippen LogP contribution in [0.1, 0.15) is 29.3 Å². The molecule has 0 spiro atoms. The van der Waals surface area contributed by atoms with Crippen molar-refractivity contribution in [3.8, 4) is 12.3 Å². The molecule has 1 amide bonds. The average molecular weight is 228 g/mol. The van der Waals surface area contributed by atoms with E-state index in [9.17, 15) is 4.79 Å². The number of hydrogen-bond acceptors (Lipinski definition) is 2. The van der Waals surface area contributed by atoms with Crippen LogP contribution >= 0.6 is 0 Å². The third kappa shape index (κ3) is 2.42. The van der Waals surface area contributed by atoms with Crippen molar-refractivity contribution in [2.45, 2.75) is 25.8 Å². The van der Waals surface area contributed by atoms with E-state index in [4.69, 9.17) is 6.42 Å². The molecule has 17 heavy (non-hydrogen) atoms. The highest BCUT2D eigenvalue weighted by atomic mass is 16.1. The molecule has 0 bridgehead atoms. The summed E-state index contributed by atoms with van der Waals surface area (Å²) in [6, 6.07) is 5.53. The molecule has 1 aliphatic heterocycles. The highest BCUT2D eigenvalue weighted by Crippen LogP contribution is 2.22. The van der Waals surface area contributed by atoms with Crippen molar-refractivity contribution in [3.63, 3.8) is 0 Å². The Labute approximate surface area is 102 Å². The summed E-state index contributed by atoms with van der Waals surface area (Å²) in [5, 5.41) is 6.09. The molecule has 1 aliphatic rings. The summed E-state index contributed by atoms with van der Waals surface area (Å²) in [6.07, 6.45) is 7.04. The molecular weight excluding hydrogens is 212 g/mol. The number of carbonyl (C=O) groups is 1. The highest BCUT2D eigenvalue weighted by molar-refractivity contribution is 5.95. The number of hydrogen-bond donors (Lipinski definition) is 2. The monoisotopic (exact) mass is 228 g/mol. The van der Waals surface area contributed by atoms with Crippen LogP contribution in [0.5, 0.6) is 0 Å². The summed E-state index contributed by atoms with van der Waals surface area (Å²) in [7, 11) is 0. The third-order valence-corrected chi connectivity index (χ3v) is 2.99. The predicted molar refractivity (Wildman–Crippen MR) is 69.0 cm³/mol. The van der Waals surface area contributed by atoms with E-state index >= 15 is 0 Å². The second kappa shape index (κ2) is 4.92. The van der Waals surface area contributed by atoms with E-state index in [1.807, 2.05) is 25.1 Å². The summed E-state index contributed by atoms with van der Waals surface area (Å²) < 4.78 is 0. The molecule has 2 N–H and O–H groups in total. The van der Waals surface area contributed by atoms with Gasteiger partial charge in [0.05, 0.1) is 6.04 Å². The van der Waals surface area contributed by atoms with Gasteiger partial charge >= 0.3 is 0 Å². The SMILES string of the molecule is C#CC(CC)NC(=O)c1ccc2c(c1)CCN2. The van der Waals surface area contributed by atoms with Crippen molar-refractivity contribution >= 4 is 11.6 Å². The van der Waals surface area contributed by atoms with Gasteiger partial charge in [0, 0.05) is 17.8 Å². The van der Waals surface area contributed by atoms with E-state index in [-0.39, 0.29) is 11.9 Å². The van der Waals surface area contributed by atoms with Gasteiger partial charge in [0.2, 0.25) is 0 Å². The topological polar surface area (TPSA) is 41.1 Å². The van der Waals surface area contributed by atoms with Gasteiger partial charge in [-0.15, -0.1) is 6.42 Å². The fourth-order valence-electron chi connectivity index (χ4n) is 1.95. The molecule has 0 aliphatic carbocycles. The maximum Gasteiger partial charge on any atom is 0.252 e. The Morgan fingerprint density at radius 3 is 3.18 bits per heavy atom. The van der Waals surface area contributed by atoms with Gasteiger partial charge in [-0.25, -0.2) is 0 Å². The maximum absolute atomic E-state index is 11.9. The summed E-state index contributed by atoms with van der Waals surface area (Å²) in [5.41, 5.74) is 3.01. The van der Waals surface area contributed by atoms with E-state index < -0.39 is 0 Å². The Morgan fingerprint density at radius 2 is 2.47 bits per heavy atom. The van der Waals surface area contributed by atoms with Crippen LogP contribution in [-0.4, -0.2) is 18.5 Å². The van der Waals surface area contributed by atoms with Crippen molar-refractivity contribution in [2.24, 2.45) is 0 Å². The summed E-state index contributed by atoms with van der Waals surface area (Å²) in [6.45, 7) is 2.90. The zero-order chi connectivity index (χ0) is 12.3. The first kappa shape index (κ1) is 11.5. The molecule has 2 rings (SSSR count). The maximum atomic E-state index is 11.9. The fraction of sp³-hybridized carbons (Fsp3) is 0.357. The molecule has 1 aromatic carbocycles.